The van der Waals surface area contributed by atoms with Crippen LogP contribution in [0.4, 0.5) is 0 Å². The predicted octanol–water partition coefficient (Wildman–Crippen LogP) is 2.40. The van der Waals surface area contributed by atoms with E-state index in [1.54, 1.807) is 0 Å². The molecule has 2 N–H and O–H groups in total. The van der Waals surface area contributed by atoms with E-state index in [1.807, 2.05) is 18.2 Å². The topological polar surface area (TPSA) is 44.5 Å². The van der Waals surface area contributed by atoms with Crippen LogP contribution in [0.25, 0.3) is 0 Å². The second-order valence-corrected chi connectivity index (χ2v) is 4.64. The lowest BCUT2D eigenvalue weighted by atomic mass is 10.1. The van der Waals surface area contributed by atoms with Crippen molar-refractivity contribution in [2.45, 2.75) is 25.4 Å². The highest BCUT2D eigenvalue weighted by Gasteiger charge is 2.16. The zero-order chi connectivity index (χ0) is 12.1. The van der Waals surface area contributed by atoms with Crippen LogP contribution in [0.3, 0.4) is 0 Å². The van der Waals surface area contributed by atoms with Crippen molar-refractivity contribution in [3.8, 4) is 5.75 Å². The third kappa shape index (κ3) is 3.60. The van der Waals surface area contributed by atoms with Crippen molar-refractivity contribution in [1.29, 1.82) is 0 Å². The second-order valence-electron chi connectivity index (χ2n) is 4.23. The van der Waals surface area contributed by atoms with Gasteiger partial charge in [-0.05, 0) is 30.7 Å². The summed E-state index contributed by atoms with van der Waals surface area (Å²) in [6, 6.07) is 5.89. The molecule has 0 amide bonds. The maximum atomic E-state index is 6.19. The summed E-state index contributed by atoms with van der Waals surface area (Å²) >= 11 is 6.19. The summed E-state index contributed by atoms with van der Waals surface area (Å²) in [4.78, 5) is 0. The van der Waals surface area contributed by atoms with Gasteiger partial charge in [-0.25, -0.2) is 0 Å². The van der Waals surface area contributed by atoms with Crippen LogP contribution in [-0.2, 0) is 11.2 Å². The SMILES string of the molecule is NCCc1ccc(OC2CCOCC2)c(Cl)c1. The molecular formula is C13H18ClNO2. The minimum absolute atomic E-state index is 0.224. The molecule has 1 aliphatic heterocycles. The molecule has 1 heterocycles. The lowest BCUT2D eigenvalue weighted by molar-refractivity contribution is 0.0256. The fraction of sp³-hybridized carbons (Fsp3) is 0.538. The highest BCUT2D eigenvalue weighted by atomic mass is 35.5. The average molecular weight is 256 g/mol. The number of hydrogen-bond donors (Lipinski definition) is 1. The zero-order valence-corrected chi connectivity index (χ0v) is 10.6. The maximum absolute atomic E-state index is 6.19. The lowest BCUT2D eigenvalue weighted by Crippen LogP contribution is -2.25. The summed E-state index contributed by atoms with van der Waals surface area (Å²) < 4.78 is 11.2. The molecule has 0 bridgehead atoms. The first-order valence-electron chi connectivity index (χ1n) is 6.02. The molecule has 0 aliphatic carbocycles. The average Bonchev–Trinajstić information content (AvgIpc) is 2.34. The molecule has 3 nitrogen and oxygen atoms in total. The van der Waals surface area contributed by atoms with Crippen molar-refractivity contribution in [1.82, 2.24) is 0 Å². The molecule has 0 spiro atoms. The van der Waals surface area contributed by atoms with Gasteiger partial charge in [0.2, 0.25) is 0 Å². The summed E-state index contributed by atoms with van der Waals surface area (Å²) in [5.74, 6) is 0.763. The molecule has 0 radical (unpaired) electrons. The molecule has 0 unspecified atom stereocenters. The van der Waals surface area contributed by atoms with Crippen molar-refractivity contribution in [2.24, 2.45) is 5.73 Å². The van der Waals surface area contributed by atoms with E-state index < -0.39 is 0 Å². The smallest absolute Gasteiger partial charge is 0.138 e. The molecule has 1 aromatic rings. The number of halogens is 1. The Labute approximate surface area is 107 Å². The molecular weight excluding hydrogens is 238 g/mol. The first-order valence-corrected chi connectivity index (χ1v) is 6.40. The van der Waals surface area contributed by atoms with E-state index in [0.29, 0.717) is 11.6 Å². The van der Waals surface area contributed by atoms with Gasteiger partial charge in [-0.1, -0.05) is 17.7 Å². The van der Waals surface area contributed by atoms with Crippen molar-refractivity contribution < 1.29 is 9.47 Å². The van der Waals surface area contributed by atoms with Gasteiger partial charge < -0.3 is 15.2 Å². The number of rotatable bonds is 4. The van der Waals surface area contributed by atoms with Crippen molar-refractivity contribution in [3.05, 3.63) is 28.8 Å². The Morgan fingerprint density at radius 3 is 2.76 bits per heavy atom. The van der Waals surface area contributed by atoms with Crippen LogP contribution in [0.1, 0.15) is 18.4 Å². The largest absolute Gasteiger partial charge is 0.489 e. The molecule has 0 aromatic heterocycles. The summed E-state index contributed by atoms with van der Waals surface area (Å²) in [5, 5.41) is 0.669. The van der Waals surface area contributed by atoms with Crippen molar-refractivity contribution in [3.63, 3.8) is 0 Å². The van der Waals surface area contributed by atoms with E-state index in [2.05, 4.69) is 0 Å². The monoisotopic (exact) mass is 255 g/mol. The van der Waals surface area contributed by atoms with Gasteiger partial charge in [0.05, 0.1) is 18.2 Å². The van der Waals surface area contributed by atoms with Crippen molar-refractivity contribution in [2.75, 3.05) is 19.8 Å². The number of benzene rings is 1. The summed E-state index contributed by atoms with van der Waals surface area (Å²) in [6.45, 7) is 2.18. The van der Waals surface area contributed by atoms with E-state index >= 15 is 0 Å². The standard InChI is InChI=1S/C13H18ClNO2/c14-12-9-10(3-6-15)1-2-13(12)17-11-4-7-16-8-5-11/h1-2,9,11H,3-8,15H2. The van der Waals surface area contributed by atoms with Gasteiger partial charge in [0.1, 0.15) is 11.9 Å². The first-order chi connectivity index (χ1) is 8.29. The minimum Gasteiger partial charge on any atom is -0.489 e. The highest BCUT2D eigenvalue weighted by Crippen LogP contribution is 2.28. The van der Waals surface area contributed by atoms with Gasteiger partial charge in [0.15, 0.2) is 0 Å². The second kappa shape index (κ2) is 6.24. The Kier molecular flexibility index (Phi) is 4.66. The fourth-order valence-corrected chi connectivity index (χ4v) is 2.18. The van der Waals surface area contributed by atoms with Crippen LogP contribution in [0.15, 0.2) is 18.2 Å². The van der Waals surface area contributed by atoms with E-state index in [-0.39, 0.29) is 6.10 Å². The molecule has 94 valence electrons. The van der Waals surface area contributed by atoms with Crippen LogP contribution in [0.2, 0.25) is 5.02 Å². The summed E-state index contributed by atoms with van der Waals surface area (Å²) in [6.07, 6.45) is 2.93. The van der Waals surface area contributed by atoms with Gasteiger partial charge in [0.25, 0.3) is 0 Å². The fourth-order valence-electron chi connectivity index (χ4n) is 1.94. The van der Waals surface area contributed by atoms with Crippen LogP contribution < -0.4 is 10.5 Å². The minimum atomic E-state index is 0.224. The third-order valence-electron chi connectivity index (χ3n) is 2.89. The Bertz CT molecular complexity index is 364. The third-order valence-corrected chi connectivity index (χ3v) is 3.19. The highest BCUT2D eigenvalue weighted by molar-refractivity contribution is 6.32. The first kappa shape index (κ1) is 12.7. The molecule has 1 aromatic carbocycles. The molecule has 2 rings (SSSR count). The Balaban J connectivity index is 2.00. The quantitative estimate of drug-likeness (QED) is 0.899. The van der Waals surface area contributed by atoms with Crippen LogP contribution >= 0.6 is 11.6 Å². The summed E-state index contributed by atoms with van der Waals surface area (Å²) in [5.41, 5.74) is 6.66. The van der Waals surface area contributed by atoms with E-state index in [0.717, 1.165) is 43.8 Å². The number of ether oxygens (including phenoxy) is 2. The van der Waals surface area contributed by atoms with Crippen LogP contribution in [0, 0.1) is 0 Å². The van der Waals surface area contributed by atoms with Gasteiger partial charge in [-0.2, -0.15) is 0 Å². The Hall–Kier alpha value is -0.770. The van der Waals surface area contributed by atoms with E-state index in [9.17, 15) is 0 Å². The van der Waals surface area contributed by atoms with Gasteiger partial charge in [0, 0.05) is 12.8 Å². The van der Waals surface area contributed by atoms with Gasteiger partial charge >= 0.3 is 0 Å². The van der Waals surface area contributed by atoms with E-state index in [4.69, 9.17) is 26.8 Å². The molecule has 1 saturated heterocycles. The van der Waals surface area contributed by atoms with Crippen LogP contribution in [0.5, 0.6) is 5.75 Å². The molecule has 1 aliphatic rings. The van der Waals surface area contributed by atoms with E-state index in [1.165, 1.54) is 0 Å². The Morgan fingerprint density at radius 2 is 2.12 bits per heavy atom. The molecule has 4 heteroatoms. The Morgan fingerprint density at radius 1 is 1.35 bits per heavy atom. The molecule has 1 fully saturated rings. The van der Waals surface area contributed by atoms with Gasteiger partial charge in [-0.3, -0.25) is 0 Å². The normalized spacial score (nSPS) is 17.1. The lowest BCUT2D eigenvalue weighted by Gasteiger charge is -2.23. The van der Waals surface area contributed by atoms with Crippen LogP contribution in [-0.4, -0.2) is 25.9 Å². The number of nitrogens with two attached hydrogens (primary N) is 1. The molecule has 0 saturated carbocycles. The summed E-state index contributed by atoms with van der Waals surface area (Å²) in [7, 11) is 0. The number of hydrogen-bond acceptors (Lipinski definition) is 3. The zero-order valence-electron chi connectivity index (χ0n) is 9.82. The maximum Gasteiger partial charge on any atom is 0.138 e. The molecule has 17 heavy (non-hydrogen) atoms. The van der Waals surface area contributed by atoms with Crippen molar-refractivity contribution >= 4 is 11.6 Å². The van der Waals surface area contributed by atoms with Gasteiger partial charge in [-0.15, -0.1) is 0 Å². The predicted molar refractivity (Wildman–Crippen MR) is 68.7 cm³/mol. The molecule has 0 atom stereocenters.